The summed E-state index contributed by atoms with van der Waals surface area (Å²) in [6.45, 7) is 6.90. The van der Waals surface area contributed by atoms with Crippen LogP contribution in [0.15, 0.2) is 40.0 Å². The first-order valence-electron chi connectivity index (χ1n) is 5.86. The van der Waals surface area contributed by atoms with Gasteiger partial charge in [0.05, 0.1) is 0 Å². The Kier molecular flexibility index (Phi) is 3.93. The SMILES string of the molecule is CC(C)C1=C[SH](CC(C)c2cccs2)C=C1. The van der Waals surface area contributed by atoms with Gasteiger partial charge >= 0.3 is 0 Å². The predicted molar refractivity (Wildman–Crippen MR) is 78.6 cm³/mol. The van der Waals surface area contributed by atoms with Crippen molar-refractivity contribution in [2.24, 2.45) is 5.92 Å². The lowest BCUT2D eigenvalue weighted by molar-refractivity contribution is 0.795. The Morgan fingerprint density at radius 1 is 1.31 bits per heavy atom. The second kappa shape index (κ2) is 5.24. The van der Waals surface area contributed by atoms with Crippen molar-refractivity contribution in [1.82, 2.24) is 0 Å². The van der Waals surface area contributed by atoms with E-state index in [-0.39, 0.29) is 10.9 Å². The molecular weight excluding hydrogens is 232 g/mol. The number of thiophene rings is 1. The van der Waals surface area contributed by atoms with E-state index in [0.29, 0.717) is 11.8 Å². The minimum atomic E-state index is 0.00307. The molecular formula is C14H20S2. The van der Waals surface area contributed by atoms with E-state index in [4.69, 9.17) is 0 Å². The molecule has 2 heterocycles. The van der Waals surface area contributed by atoms with E-state index in [2.05, 4.69) is 55.2 Å². The lowest BCUT2D eigenvalue weighted by atomic mass is 10.1. The summed E-state index contributed by atoms with van der Waals surface area (Å²) in [6.07, 6.45) is 2.33. The fraction of sp³-hybridized carbons (Fsp3) is 0.429. The molecule has 2 atom stereocenters. The predicted octanol–water partition coefficient (Wildman–Crippen LogP) is 4.92. The van der Waals surface area contributed by atoms with E-state index in [1.165, 1.54) is 16.2 Å². The van der Waals surface area contributed by atoms with Crippen molar-refractivity contribution in [1.29, 1.82) is 0 Å². The molecule has 0 bridgehead atoms. The highest BCUT2D eigenvalue weighted by atomic mass is 32.2. The second-order valence-corrected chi connectivity index (χ2v) is 7.64. The normalized spacial score (nSPS) is 23.8. The summed E-state index contributed by atoms with van der Waals surface area (Å²) in [5, 5.41) is 7.11. The Labute approximate surface area is 105 Å². The number of thiol groups is 1. The van der Waals surface area contributed by atoms with Crippen molar-refractivity contribution in [3.8, 4) is 0 Å². The van der Waals surface area contributed by atoms with Gasteiger partial charge in [-0.2, -0.15) is 0 Å². The van der Waals surface area contributed by atoms with E-state index in [1.807, 2.05) is 11.3 Å². The van der Waals surface area contributed by atoms with Crippen molar-refractivity contribution in [3.63, 3.8) is 0 Å². The Balaban J connectivity index is 1.95. The first-order valence-corrected chi connectivity index (χ1v) is 8.40. The molecule has 2 rings (SSSR count). The number of hydrogen-bond donors (Lipinski definition) is 1. The van der Waals surface area contributed by atoms with Gasteiger partial charge in [-0.25, -0.2) is 10.9 Å². The van der Waals surface area contributed by atoms with Crippen LogP contribution < -0.4 is 0 Å². The molecule has 2 heteroatoms. The van der Waals surface area contributed by atoms with Crippen LogP contribution in [0.3, 0.4) is 0 Å². The summed E-state index contributed by atoms with van der Waals surface area (Å²) < 4.78 is 0. The molecule has 0 amide bonds. The van der Waals surface area contributed by atoms with Gasteiger partial charge < -0.3 is 0 Å². The van der Waals surface area contributed by atoms with Gasteiger partial charge in [-0.3, -0.25) is 0 Å². The van der Waals surface area contributed by atoms with Gasteiger partial charge in [0.15, 0.2) is 0 Å². The average molecular weight is 252 g/mol. The van der Waals surface area contributed by atoms with Crippen molar-refractivity contribution in [3.05, 3.63) is 44.9 Å². The van der Waals surface area contributed by atoms with E-state index in [9.17, 15) is 0 Å². The summed E-state index contributed by atoms with van der Waals surface area (Å²) in [5.41, 5.74) is 1.53. The molecule has 1 aromatic rings. The van der Waals surface area contributed by atoms with Crippen LogP contribution in [0, 0.1) is 5.92 Å². The van der Waals surface area contributed by atoms with Crippen LogP contribution >= 0.6 is 22.2 Å². The molecule has 0 radical (unpaired) electrons. The van der Waals surface area contributed by atoms with Crippen LogP contribution in [-0.4, -0.2) is 5.75 Å². The monoisotopic (exact) mass is 252 g/mol. The van der Waals surface area contributed by atoms with E-state index >= 15 is 0 Å². The Morgan fingerprint density at radius 3 is 2.69 bits per heavy atom. The van der Waals surface area contributed by atoms with Crippen molar-refractivity contribution in [2.45, 2.75) is 26.7 Å². The first-order chi connectivity index (χ1) is 7.66. The third kappa shape index (κ3) is 2.80. The van der Waals surface area contributed by atoms with Gasteiger partial charge in [0.1, 0.15) is 0 Å². The van der Waals surface area contributed by atoms with Crippen LogP contribution in [0.5, 0.6) is 0 Å². The maximum absolute atomic E-state index is 2.50. The molecule has 0 nitrogen and oxygen atoms in total. The van der Waals surface area contributed by atoms with Crippen LogP contribution in [-0.2, 0) is 0 Å². The summed E-state index contributed by atoms with van der Waals surface area (Å²) in [7, 11) is 0.00307. The molecule has 88 valence electrons. The molecule has 0 aromatic carbocycles. The second-order valence-electron chi connectivity index (χ2n) is 4.71. The lowest BCUT2D eigenvalue weighted by Crippen LogP contribution is -1.95. The van der Waals surface area contributed by atoms with Gasteiger partial charge in [0, 0.05) is 4.88 Å². The summed E-state index contributed by atoms with van der Waals surface area (Å²) in [6, 6.07) is 4.42. The largest absolute Gasteiger partial charge is 0.212 e. The standard InChI is InChI=1S/C14H20S2/c1-11(2)13-6-8-16(10-13)9-12(3)14-5-4-7-15-14/h4-8,10-12,16H,9H2,1-3H3. The highest BCUT2D eigenvalue weighted by Crippen LogP contribution is 2.42. The average Bonchev–Trinajstić information content (AvgIpc) is 2.87. The minimum absolute atomic E-state index is 0.00307. The lowest BCUT2D eigenvalue weighted by Gasteiger charge is -2.15. The molecule has 0 aliphatic carbocycles. The molecule has 0 N–H and O–H groups in total. The van der Waals surface area contributed by atoms with Crippen LogP contribution in [0.1, 0.15) is 31.6 Å². The van der Waals surface area contributed by atoms with Gasteiger partial charge in [-0.05, 0) is 45.4 Å². The topological polar surface area (TPSA) is 0 Å². The van der Waals surface area contributed by atoms with E-state index in [1.54, 1.807) is 0 Å². The summed E-state index contributed by atoms with van der Waals surface area (Å²) in [5.74, 6) is 2.70. The fourth-order valence-electron chi connectivity index (χ4n) is 1.89. The zero-order valence-corrected chi connectivity index (χ0v) is 11.9. The molecule has 1 aliphatic heterocycles. The zero-order chi connectivity index (χ0) is 11.5. The summed E-state index contributed by atoms with van der Waals surface area (Å²) in [4.78, 5) is 1.53. The first kappa shape index (κ1) is 12.0. The van der Waals surface area contributed by atoms with Gasteiger partial charge in [-0.1, -0.05) is 32.9 Å². The Morgan fingerprint density at radius 2 is 2.12 bits per heavy atom. The molecule has 0 saturated carbocycles. The van der Waals surface area contributed by atoms with Crippen molar-refractivity contribution >= 4 is 22.2 Å². The number of hydrogen-bond acceptors (Lipinski definition) is 1. The quantitative estimate of drug-likeness (QED) is 0.722. The van der Waals surface area contributed by atoms with Crippen molar-refractivity contribution < 1.29 is 0 Å². The molecule has 1 aromatic heterocycles. The fourth-order valence-corrected chi connectivity index (χ4v) is 5.08. The molecule has 16 heavy (non-hydrogen) atoms. The van der Waals surface area contributed by atoms with E-state index in [0.717, 1.165) is 0 Å². The van der Waals surface area contributed by atoms with Crippen LogP contribution in [0.4, 0.5) is 0 Å². The molecule has 0 saturated heterocycles. The third-order valence-corrected chi connectivity index (χ3v) is 6.19. The molecule has 0 spiro atoms. The minimum Gasteiger partial charge on any atom is -0.212 e. The molecule has 1 aliphatic rings. The zero-order valence-electron chi connectivity index (χ0n) is 10.2. The highest BCUT2D eigenvalue weighted by molar-refractivity contribution is 8.22. The van der Waals surface area contributed by atoms with Crippen molar-refractivity contribution in [2.75, 3.05) is 5.75 Å². The van der Waals surface area contributed by atoms with Gasteiger partial charge in [-0.15, -0.1) is 11.3 Å². The number of rotatable bonds is 4. The Bertz CT molecular complexity index is 385. The smallest absolute Gasteiger partial charge is 0.00812 e. The number of allylic oxidation sites excluding steroid dienone is 2. The molecule has 0 fully saturated rings. The van der Waals surface area contributed by atoms with Gasteiger partial charge in [0.2, 0.25) is 0 Å². The third-order valence-electron chi connectivity index (χ3n) is 2.95. The maximum Gasteiger partial charge on any atom is 0.00812 e. The maximum atomic E-state index is 2.50. The van der Waals surface area contributed by atoms with E-state index < -0.39 is 0 Å². The molecule has 2 unspecified atom stereocenters. The van der Waals surface area contributed by atoms with Crippen LogP contribution in [0.25, 0.3) is 0 Å². The summed E-state index contributed by atoms with van der Waals surface area (Å²) >= 11 is 1.89. The van der Waals surface area contributed by atoms with Crippen LogP contribution in [0.2, 0.25) is 0 Å². The Hall–Kier alpha value is -0.470. The highest BCUT2D eigenvalue weighted by Gasteiger charge is 2.13. The van der Waals surface area contributed by atoms with Gasteiger partial charge in [0.25, 0.3) is 0 Å².